The van der Waals surface area contributed by atoms with Crippen LogP contribution in [0.15, 0.2) is 50.3 Å². The fraction of sp³-hybridized carbons (Fsp3) is 0.125. The Kier molecular flexibility index (Phi) is 5.74. The molecule has 1 amide bonds. The van der Waals surface area contributed by atoms with E-state index in [1.165, 1.54) is 6.92 Å². The van der Waals surface area contributed by atoms with Crippen LogP contribution in [0.2, 0.25) is 0 Å². The van der Waals surface area contributed by atoms with Crippen molar-refractivity contribution in [1.82, 2.24) is 0 Å². The fourth-order valence-electron chi connectivity index (χ4n) is 1.87. The van der Waals surface area contributed by atoms with Crippen LogP contribution in [0.3, 0.4) is 0 Å². The zero-order valence-electron chi connectivity index (χ0n) is 12.1. The Morgan fingerprint density at radius 1 is 1.23 bits per heavy atom. The largest absolute Gasteiger partial charge is 0.495 e. The Balaban J connectivity index is 2.23. The number of nitrogens with zero attached hydrogens (tertiary/aromatic N) is 1. The molecule has 22 heavy (non-hydrogen) atoms. The molecule has 0 unspecified atom stereocenters. The molecule has 0 aliphatic carbocycles. The van der Waals surface area contributed by atoms with Crippen LogP contribution in [0.1, 0.15) is 12.5 Å². The second-order valence-corrected chi connectivity index (χ2v) is 6.27. The first-order valence-corrected chi connectivity index (χ1v) is 8.03. The summed E-state index contributed by atoms with van der Waals surface area (Å²) < 4.78 is 7.16. The number of hydrogen-bond acceptors (Lipinski definition) is 3. The summed E-state index contributed by atoms with van der Waals surface area (Å²) in [4.78, 5) is 15.4. The molecule has 0 spiro atoms. The van der Waals surface area contributed by atoms with E-state index in [1.807, 2.05) is 36.4 Å². The lowest BCUT2D eigenvalue weighted by atomic mass is 10.2. The Hall–Kier alpha value is -1.66. The normalized spacial score (nSPS) is 10.7. The third-order valence-corrected chi connectivity index (χ3v) is 3.83. The standard InChI is InChI=1S/C16H14Br2N2O2/c1-10(21)20-14-5-3-13(4-6-14)19-9-11-7-12(17)8-15(18)16(11)22-2/h3-9H,1-2H3,(H,20,21). The highest BCUT2D eigenvalue weighted by Crippen LogP contribution is 2.32. The number of rotatable bonds is 4. The Morgan fingerprint density at radius 2 is 1.91 bits per heavy atom. The lowest BCUT2D eigenvalue weighted by molar-refractivity contribution is -0.114. The molecule has 6 heteroatoms. The van der Waals surface area contributed by atoms with E-state index in [4.69, 9.17) is 4.74 Å². The van der Waals surface area contributed by atoms with Gasteiger partial charge in [0, 0.05) is 28.9 Å². The molecule has 0 heterocycles. The number of aliphatic imine (C=N–C) groups is 1. The molecule has 0 aromatic heterocycles. The molecule has 0 aliphatic heterocycles. The number of carbonyl (C=O) groups excluding carboxylic acids is 1. The van der Waals surface area contributed by atoms with Crippen LogP contribution in [-0.2, 0) is 4.79 Å². The van der Waals surface area contributed by atoms with Gasteiger partial charge in [0.25, 0.3) is 0 Å². The van der Waals surface area contributed by atoms with Crippen molar-refractivity contribution in [3.8, 4) is 5.75 Å². The number of methoxy groups -OCH3 is 1. The van der Waals surface area contributed by atoms with Crippen molar-refractivity contribution in [1.29, 1.82) is 0 Å². The average molecular weight is 426 g/mol. The van der Waals surface area contributed by atoms with Crippen LogP contribution in [0.4, 0.5) is 11.4 Å². The molecular weight excluding hydrogens is 412 g/mol. The smallest absolute Gasteiger partial charge is 0.221 e. The zero-order chi connectivity index (χ0) is 16.1. The summed E-state index contributed by atoms with van der Waals surface area (Å²) in [6.45, 7) is 1.48. The maximum absolute atomic E-state index is 11.0. The highest BCUT2D eigenvalue weighted by Gasteiger charge is 2.07. The van der Waals surface area contributed by atoms with Crippen LogP contribution in [0.25, 0.3) is 0 Å². The zero-order valence-corrected chi connectivity index (χ0v) is 15.2. The first kappa shape index (κ1) is 16.7. The minimum atomic E-state index is -0.0972. The SMILES string of the molecule is COc1c(Br)cc(Br)cc1C=Nc1ccc(NC(C)=O)cc1. The summed E-state index contributed by atoms with van der Waals surface area (Å²) in [6, 6.07) is 11.1. The number of hydrogen-bond donors (Lipinski definition) is 1. The maximum atomic E-state index is 11.0. The van der Waals surface area contributed by atoms with E-state index in [0.29, 0.717) is 0 Å². The van der Waals surface area contributed by atoms with Crippen LogP contribution in [0.5, 0.6) is 5.75 Å². The second-order valence-electron chi connectivity index (χ2n) is 4.50. The lowest BCUT2D eigenvalue weighted by Crippen LogP contribution is -2.04. The summed E-state index contributed by atoms with van der Waals surface area (Å²) >= 11 is 6.91. The van der Waals surface area contributed by atoms with Crippen LogP contribution in [0, 0.1) is 0 Å². The number of nitrogens with one attached hydrogen (secondary N) is 1. The van der Waals surface area contributed by atoms with Crippen molar-refractivity contribution in [2.75, 3.05) is 12.4 Å². The summed E-state index contributed by atoms with van der Waals surface area (Å²) in [7, 11) is 1.62. The van der Waals surface area contributed by atoms with Gasteiger partial charge in [-0.15, -0.1) is 0 Å². The molecule has 4 nitrogen and oxygen atoms in total. The molecule has 0 saturated carbocycles. The van der Waals surface area contributed by atoms with Gasteiger partial charge in [-0.2, -0.15) is 0 Å². The van der Waals surface area contributed by atoms with Gasteiger partial charge in [0.05, 0.1) is 17.3 Å². The van der Waals surface area contributed by atoms with Gasteiger partial charge < -0.3 is 10.1 Å². The van der Waals surface area contributed by atoms with Crippen molar-refractivity contribution >= 4 is 55.4 Å². The minimum Gasteiger partial charge on any atom is -0.495 e. The highest BCUT2D eigenvalue weighted by atomic mass is 79.9. The van der Waals surface area contributed by atoms with E-state index < -0.39 is 0 Å². The molecule has 2 aromatic rings. The summed E-state index contributed by atoms with van der Waals surface area (Å²) in [5.41, 5.74) is 2.39. The monoisotopic (exact) mass is 424 g/mol. The predicted molar refractivity (Wildman–Crippen MR) is 96.4 cm³/mol. The molecule has 0 saturated heterocycles. The molecule has 2 aromatic carbocycles. The number of benzene rings is 2. The van der Waals surface area contributed by atoms with Crippen LogP contribution < -0.4 is 10.1 Å². The van der Waals surface area contributed by atoms with E-state index in [-0.39, 0.29) is 5.91 Å². The lowest BCUT2D eigenvalue weighted by Gasteiger charge is -2.08. The molecule has 1 N–H and O–H groups in total. The Bertz CT molecular complexity index is 713. The minimum absolute atomic E-state index is 0.0972. The molecule has 0 aliphatic rings. The van der Waals surface area contributed by atoms with Gasteiger partial charge in [-0.3, -0.25) is 9.79 Å². The third kappa shape index (κ3) is 4.42. The summed E-state index contributed by atoms with van der Waals surface area (Å²) in [6.07, 6.45) is 1.74. The molecule has 0 bridgehead atoms. The van der Waals surface area contributed by atoms with Crippen molar-refractivity contribution in [3.05, 3.63) is 50.9 Å². The van der Waals surface area contributed by atoms with Crippen molar-refractivity contribution < 1.29 is 9.53 Å². The third-order valence-electron chi connectivity index (χ3n) is 2.78. The number of amides is 1. The van der Waals surface area contributed by atoms with Crippen molar-refractivity contribution in [3.63, 3.8) is 0 Å². The van der Waals surface area contributed by atoms with Gasteiger partial charge >= 0.3 is 0 Å². The van der Waals surface area contributed by atoms with E-state index in [1.54, 1.807) is 13.3 Å². The number of anilines is 1. The molecule has 0 fully saturated rings. The van der Waals surface area contributed by atoms with Gasteiger partial charge in [0.15, 0.2) is 0 Å². The van der Waals surface area contributed by atoms with Gasteiger partial charge in [-0.05, 0) is 52.3 Å². The number of carbonyl (C=O) groups is 1. The quantitative estimate of drug-likeness (QED) is 0.706. The fourth-order valence-corrected chi connectivity index (χ4v) is 3.29. The van der Waals surface area contributed by atoms with Crippen LogP contribution in [-0.4, -0.2) is 19.2 Å². The molecule has 114 valence electrons. The first-order chi connectivity index (χ1) is 10.5. The average Bonchev–Trinajstić information content (AvgIpc) is 2.45. The van der Waals surface area contributed by atoms with E-state index in [2.05, 4.69) is 42.2 Å². The van der Waals surface area contributed by atoms with E-state index >= 15 is 0 Å². The highest BCUT2D eigenvalue weighted by molar-refractivity contribution is 9.11. The van der Waals surface area contributed by atoms with E-state index in [9.17, 15) is 4.79 Å². The topological polar surface area (TPSA) is 50.7 Å². The predicted octanol–water partition coefficient (Wildman–Crippen LogP) is 4.93. The Morgan fingerprint density at radius 3 is 2.50 bits per heavy atom. The van der Waals surface area contributed by atoms with Crippen LogP contribution >= 0.6 is 31.9 Å². The summed E-state index contributed by atoms with van der Waals surface area (Å²) in [5.74, 6) is 0.627. The van der Waals surface area contributed by atoms with E-state index in [0.717, 1.165) is 31.6 Å². The van der Waals surface area contributed by atoms with Gasteiger partial charge in [-0.1, -0.05) is 15.9 Å². The molecular formula is C16H14Br2N2O2. The number of ether oxygens (including phenoxy) is 1. The summed E-state index contributed by atoms with van der Waals surface area (Å²) in [5, 5.41) is 2.72. The van der Waals surface area contributed by atoms with Gasteiger partial charge in [0.2, 0.25) is 5.91 Å². The maximum Gasteiger partial charge on any atom is 0.221 e. The molecule has 2 rings (SSSR count). The first-order valence-electron chi connectivity index (χ1n) is 6.44. The van der Waals surface area contributed by atoms with Crippen molar-refractivity contribution in [2.24, 2.45) is 4.99 Å². The van der Waals surface area contributed by atoms with Gasteiger partial charge in [-0.25, -0.2) is 0 Å². The number of halogens is 2. The molecule has 0 atom stereocenters. The van der Waals surface area contributed by atoms with Gasteiger partial charge in [0.1, 0.15) is 5.75 Å². The Labute approximate surface area is 145 Å². The van der Waals surface area contributed by atoms with Crippen molar-refractivity contribution in [2.45, 2.75) is 6.92 Å². The second kappa shape index (κ2) is 7.56. The molecule has 0 radical (unpaired) electrons.